The van der Waals surface area contributed by atoms with Gasteiger partial charge in [0.2, 0.25) is 0 Å². The summed E-state index contributed by atoms with van der Waals surface area (Å²) < 4.78 is 0. The van der Waals surface area contributed by atoms with Gasteiger partial charge in [0, 0.05) is 6.54 Å². The zero-order valence-electron chi connectivity index (χ0n) is 13.5. The monoisotopic (exact) mass is 431 g/mol. The predicted molar refractivity (Wildman–Crippen MR) is 113 cm³/mol. The minimum absolute atomic E-state index is 0. The number of nitrogens with two attached hydrogens (primary N) is 1. The Bertz CT molecular complexity index is 795. The van der Waals surface area contributed by atoms with Gasteiger partial charge in [0.25, 0.3) is 0 Å². The van der Waals surface area contributed by atoms with Crippen LogP contribution < -0.4 is 11.1 Å². The number of guanidine groups is 1. The Labute approximate surface area is 160 Å². The Morgan fingerprint density at radius 1 is 0.875 bits per heavy atom. The molecule has 0 atom stereocenters. The third-order valence-electron chi connectivity index (χ3n) is 3.86. The second-order valence-electron chi connectivity index (χ2n) is 5.50. The largest absolute Gasteiger partial charge is 0.370 e. The Kier molecular flexibility index (Phi) is 7.06. The van der Waals surface area contributed by atoms with Crippen LogP contribution >= 0.6 is 24.0 Å². The van der Waals surface area contributed by atoms with Gasteiger partial charge < -0.3 is 11.1 Å². The average molecular weight is 431 g/mol. The Morgan fingerprint density at radius 2 is 1.58 bits per heavy atom. The number of aliphatic imine (C=N–C) groups is 1. The lowest BCUT2D eigenvalue weighted by atomic mass is 10.1. The predicted octanol–water partition coefficient (Wildman–Crippen LogP) is 4.10. The van der Waals surface area contributed by atoms with Gasteiger partial charge in [0.05, 0.1) is 6.54 Å². The number of benzene rings is 3. The van der Waals surface area contributed by atoms with Crippen LogP contribution in [-0.4, -0.2) is 12.5 Å². The van der Waals surface area contributed by atoms with Gasteiger partial charge in [-0.25, -0.2) is 4.99 Å². The van der Waals surface area contributed by atoms with Gasteiger partial charge in [0.1, 0.15) is 0 Å². The third kappa shape index (κ3) is 4.96. The third-order valence-corrected chi connectivity index (χ3v) is 3.86. The van der Waals surface area contributed by atoms with Crippen molar-refractivity contribution < 1.29 is 0 Å². The first-order valence-corrected chi connectivity index (χ1v) is 7.87. The van der Waals surface area contributed by atoms with Crippen molar-refractivity contribution in [2.24, 2.45) is 10.7 Å². The molecule has 0 aromatic heterocycles. The van der Waals surface area contributed by atoms with Crippen molar-refractivity contribution >= 4 is 40.7 Å². The van der Waals surface area contributed by atoms with Crippen LogP contribution in [0.3, 0.4) is 0 Å². The molecule has 0 aliphatic rings. The van der Waals surface area contributed by atoms with Crippen molar-refractivity contribution in [1.29, 1.82) is 0 Å². The van der Waals surface area contributed by atoms with E-state index in [1.165, 1.54) is 21.9 Å². The summed E-state index contributed by atoms with van der Waals surface area (Å²) in [6.07, 6.45) is 0.936. The van der Waals surface area contributed by atoms with E-state index < -0.39 is 0 Å². The van der Waals surface area contributed by atoms with E-state index in [0.29, 0.717) is 12.5 Å². The molecule has 124 valence electrons. The molecule has 3 aromatic rings. The standard InChI is InChI=1S/C20H21N3.HI/c21-20(22-14-13-16-7-2-1-3-8-16)23-15-18-11-6-10-17-9-4-5-12-19(17)18;/h1-12H,13-15H2,(H3,21,22,23);1H. The fourth-order valence-corrected chi connectivity index (χ4v) is 2.64. The van der Waals surface area contributed by atoms with Crippen molar-refractivity contribution in [3.63, 3.8) is 0 Å². The summed E-state index contributed by atoms with van der Waals surface area (Å²) in [5.41, 5.74) is 8.45. The normalized spacial score (nSPS) is 11.1. The fraction of sp³-hybridized carbons (Fsp3) is 0.150. The first kappa shape index (κ1) is 18.3. The zero-order chi connectivity index (χ0) is 15.9. The molecule has 0 saturated heterocycles. The minimum atomic E-state index is 0. The SMILES string of the molecule is I.NC(=NCc1cccc2ccccc12)NCCc1ccccc1. The molecule has 0 saturated carbocycles. The average Bonchev–Trinajstić information content (AvgIpc) is 2.61. The molecule has 0 aliphatic heterocycles. The fourth-order valence-electron chi connectivity index (χ4n) is 2.64. The highest BCUT2D eigenvalue weighted by Crippen LogP contribution is 2.18. The van der Waals surface area contributed by atoms with Gasteiger partial charge in [-0.05, 0) is 28.3 Å². The lowest BCUT2D eigenvalue weighted by Crippen LogP contribution is -2.33. The summed E-state index contributed by atoms with van der Waals surface area (Å²) in [7, 11) is 0. The summed E-state index contributed by atoms with van der Waals surface area (Å²) in [5, 5.41) is 5.64. The Hall–Kier alpha value is -2.08. The lowest BCUT2D eigenvalue weighted by Gasteiger charge is -2.07. The van der Waals surface area contributed by atoms with Crippen LogP contribution in [0.15, 0.2) is 77.8 Å². The van der Waals surface area contributed by atoms with E-state index in [4.69, 9.17) is 5.73 Å². The first-order chi connectivity index (χ1) is 11.3. The van der Waals surface area contributed by atoms with Crippen molar-refractivity contribution in [2.75, 3.05) is 6.54 Å². The molecule has 24 heavy (non-hydrogen) atoms. The van der Waals surface area contributed by atoms with Crippen LogP contribution in [0, 0.1) is 0 Å². The lowest BCUT2D eigenvalue weighted by molar-refractivity contribution is 0.848. The van der Waals surface area contributed by atoms with Crippen molar-refractivity contribution in [2.45, 2.75) is 13.0 Å². The number of hydrogen-bond donors (Lipinski definition) is 2. The summed E-state index contributed by atoms with van der Waals surface area (Å²) in [6, 6.07) is 25.0. The second-order valence-corrected chi connectivity index (χ2v) is 5.50. The molecule has 3 N–H and O–H groups in total. The topological polar surface area (TPSA) is 50.4 Å². The molecule has 0 aliphatic carbocycles. The molecular formula is C20H22IN3. The van der Waals surface area contributed by atoms with Gasteiger partial charge in [-0.1, -0.05) is 72.8 Å². The second kappa shape index (κ2) is 9.27. The van der Waals surface area contributed by atoms with E-state index in [1.54, 1.807) is 0 Å². The molecule has 0 heterocycles. The van der Waals surface area contributed by atoms with E-state index in [9.17, 15) is 0 Å². The van der Waals surface area contributed by atoms with E-state index in [0.717, 1.165) is 13.0 Å². The minimum Gasteiger partial charge on any atom is -0.370 e. The summed E-state index contributed by atoms with van der Waals surface area (Å²) >= 11 is 0. The summed E-state index contributed by atoms with van der Waals surface area (Å²) in [5.74, 6) is 0.494. The van der Waals surface area contributed by atoms with Crippen LogP contribution in [0.2, 0.25) is 0 Å². The number of hydrogen-bond acceptors (Lipinski definition) is 1. The smallest absolute Gasteiger partial charge is 0.188 e. The highest BCUT2D eigenvalue weighted by Gasteiger charge is 2.00. The molecule has 0 unspecified atom stereocenters. The Morgan fingerprint density at radius 3 is 2.42 bits per heavy atom. The number of nitrogens with one attached hydrogen (secondary N) is 1. The molecule has 3 rings (SSSR count). The molecule has 4 heteroatoms. The van der Waals surface area contributed by atoms with Gasteiger partial charge in [-0.3, -0.25) is 0 Å². The summed E-state index contributed by atoms with van der Waals surface area (Å²) in [6.45, 7) is 1.38. The van der Waals surface area contributed by atoms with Crippen LogP contribution in [-0.2, 0) is 13.0 Å². The number of fused-ring (bicyclic) bond motifs is 1. The molecule has 0 radical (unpaired) electrons. The van der Waals surface area contributed by atoms with Crippen molar-refractivity contribution in [3.05, 3.63) is 83.9 Å². The van der Waals surface area contributed by atoms with Crippen LogP contribution in [0.5, 0.6) is 0 Å². The van der Waals surface area contributed by atoms with Crippen molar-refractivity contribution in [1.82, 2.24) is 5.32 Å². The van der Waals surface area contributed by atoms with Gasteiger partial charge in [-0.2, -0.15) is 0 Å². The summed E-state index contributed by atoms with van der Waals surface area (Å²) in [4.78, 5) is 4.46. The number of nitrogens with zero attached hydrogens (tertiary/aromatic N) is 1. The van der Waals surface area contributed by atoms with Crippen LogP contribution in [0.25, 0.3) is 10.8 Å². The first-order valence-electron chi connectivity index (χ1n) is 7.87. The van der Waals surface area contributed by atoms with Gasteiger partial charge in [0.15, 0.2) is 5.96 Å². The highest BCUT2D eigenvalue weighted by atomic mass is 127. The molecule has 3 aromatic carbocycles. The van der Waals surface area contributed by atoms with E-state index in [1.807, 2.05) is 18.2 Å². The molecule has 3 nitrogen and oxygen atoms in total. The maximum atomic E-state index is 5.97. The molecule has 0 bridgehead atoms. The van der Waals surface area contributed by atoms with Gasteiger partial charge in [-0.15, -0.1) is 24.0 Å². The molecular weight excluding hydrogens is 409 g/mol. The van der Waals surface area contributed by atoms with Crippen molar-refractivity contribution in [3.8, 4) is 0 Å². The molecule has 0 fully saturated rings. The maximum Gasteiger partial charge on any atom is 0.188 e. The number of rotatable bonds is 5. The maximum absolute atomic E-state index is 5.97. The van der Waals surface area contributed by atoms with E-state index in [-0.39, 0.29) is 24.0 Å². The van der Waals surface area contributed by atoms with Crippen LogP contribution in [0.4, 0.5) is 0 Å². The van der Waals surface area contributed by atoms with E-state index >= 15 is 0 Å². The zero-order valence-corrected chi connectivity index (χ0v) is 15.8. The quantitative estimate of drug-likeness (QED) is 0.363. The number of halogens is 1. The highest BCUT2D eigenvalue weighted by molar-refractivity contribution is 14.0. The van der Waals surface area contributed by atoms with E-state index in [2.05, 4.69) is 64.9 Å². The Balaban J connectivity index is 0.00000208. The van der Waals surface area contributed by atoms with Crippen LogP contribution in [0.1, 0.15) is 11.1 Å². The molecule has 0 amide bonds. The van der Waals surface area contributed by atoms with Gasteiger partial charge >= 0.3 is 0 Å². The molecule has 0 spiro atoms.